The van der Waals surface area contributed by atoms with E-state index in [1.54, 1.807) is 42.7 Å². The molecule has 2 aromatic heterocycles. The molecule has 3 heterocycles. The van der Waals surface area contributed by atoms with Crippen molar-refractivity contribution in [3.05, 3.63) is 89.6 Å². The molecule has 0 unspecified atom stereocenters. The third-order valence-corrected chi connectivity index (χ3v) is 6.21. The quantitative estimate of drug-likeness (QED) is 0.298. The van der Waals surface area contributed by atoms with Gasteiger partial charge < -0.3 is 19.2 Å². The zero-order valence-corrected chi connectivity index (χ0v) is 19.1. The number of fused-ring (bicyclic) bond motifs is 1. The second kappa shape index (κ2) is 9.48. The first-order chi connectivity index (χ1) is 16.6. The van der Waals surface area contributed by atoms with Gasteiger partial charge in [0.2, 0.25) is 6.79 Å². The molecule has 9 heteroatoms. The number of aryl methyl sites for hydroxylation is 1. The van der Waals surface area contributed by atoms with Crippen molar-refractivity contribution in [1.29, 1.82) is 0 Å². The molecule has 0 atom stereocenters. The number of Topliss-reactive ketones (excluding diaryl/α,β-unsaturated/α-hetero) is 1. The summed E-state index contributed by atoms with van der Waals surface area (Å²) in [6, 6.07) is 16.1. The number of nitrogens with one attached hydrogen (secondary N) is 1. The number of rotatable bonds is 8. The Morgan fingerprint density at radius 2 is 1.94 bits per heavy atom. The Balaban J connectivity index is 1.25. The van der Waals surface area contributed by atoms with Gasteiger partial charge in [-0.1, -0.05) is 17.8 Å². The zero-order chi connectivity index (χ0) is 23.5. The Labute approximate surface area is 199 Å². The number of carbonyl (C=O) groups is 2. The van der Waals surface area contributed by atoms with Crippen molar-refractivity contribution in [3.8, 4) is 17.2 Å². The zero-order valence-electron chi connectivity index (χ0n) is 18.3. The highest BCUT2D eigenvalue weighted by atomic mass is 32.2. The van der Waals surface area contributed by atoms with Crippen LogP contribution in [0.1, 0.15) is 32.2 Å². The summed E-state index contributed by atoms with van der Waals surface area (Å²) in [6.45, 7) is 2.34. The number of amides is 1. The molecule has 172 valence electrons. The van der Waals surface area contributed by atoms with Crippen LogP contribution in [0.5, 0.6) is 11.5 Å². The molecule has 5 rings (SSSR count). The van der Waals surface area contributed by atoms with E-state index in [2.05, 4.69) is 10.3 Å². The predicted molar refractivity (Wildman–Crippen MR) is 126 cm³/mol. The first-order valence-corrected chi connectivity index (χ1v) is 11.6. The van der Waals surface area contributed by atoms with Crippen molar-refractivity contribution in [2.24, 2.45) is 0 Å². The van der Waals surface area contributed by atoms with Gasteiger partial charge >= 0.3 is 0 Å². The summed E-state index contributed by atoms with van der Waals surface area (Å²) in [4.78, 5) is 29.7. The minimum atomic E-state index is -0.205. The molecular formula is C25H21N3O5S. The van der Waals surface area contributed by atoms with E-state index in [-0.39, 0.29) is 24.2 Å². The highest BCUT2D eigenvalue weighted by Gasteiger charge is 2.17. The Bertz CT molecular complexity index is 1360. The lowest BCUT2D eigenvalue weighted by Gasteiger charge is -2.10. The van der Waals surface area contributed by atoms with E-state index in [9.17, 15) is 9.59 Å². The molecule has 0 fully saturated rings. The molecule has 1 aliphatic heterocycles. The average molecular weight is 476 g/mol. The van der Waals surface area contributed by atoms with E-state index < -0.39 is 0 Å². The third kappa shape index (κ3) is 4.69. The fraction of sp³-hybridized carbons (Fsp3) is 0.160. The Kier molecular flexibility index (Phi) is 6.09. The van der Waals surface area contributed by atoms with Crippen LogP contribution >= 0.6 is 11.8 Å². The van der Waals surface area contributed by atoms with Crippen LogP contribution in [0.3, 0.4) is 0 Å². The summed E-state index contributed by atoms with van der Waals surface area (Å²) in [6.07, 6.45) is 3.47. The van der Waals surface area contributed by atoms with Crippen LogP contribution in [0.4, 0.5) is 0 Å². The first-order valence-electron chi connectivity index (χ1n) is 10.6. The molecule has 0 radical (unpaired) electrons. The molecule has 1 amide bonds. The van der Waals surface area contributed by atoms with E-state index in [0.29, 0.717) is 40.1 Å². The van der Waals surface area contributed by atoms with E-state index in [1.807, 2.05) is 35.8 Å². The van der Waals surface area contributed by atoms with Crippen LogP contribution in [-0.4, -0.2) is 33.8 Å². The van der Waals surface area contributed by atoms with E-state index >= 15 is 0 Å². The summed E-state index contributed by atoms with van der Waals surface area (Å²) in [7, 11) is 0. The number of aromatic nitrogens is 2. The summed E-state index contributed by atoms with van der Waals surface area (Å²) in [5.74, 6) is 2.68. The van der Waals surface area contributed by atoms with Crippen molar-refractivity contribution in [1.82, 2.24) is 14.9 Å². The second-order valence-electron chi connectivity index (χ2n) is 7.61. The third-order valence-electron chi connectivity index (χ3n) is 5.24. The summed E-state index contributed by atoms with van der Waals surface area (Å²) in [5.41, 5.74) is 1.85. The lowest BCUT2D eigenvalue weighted by molar-refractivity contribution is 0.0947. The molecule has 8 nitrogen and oxygen atoms in total. The highest BCUT2D eigenvalue weighted by molar-refractivity contribution is 7.99. The Hall–Kier alpha value is -3.98. The Morgan fingerprint density at radius 3 is 2.79 bits per heavy atom. The van der Waals surface area contributed by atoms with Crippen molar-refractivity contribution < 1.29 is 23.5 Å². The number of carbonyl (C=O) groups excluding carboxylic acids is 2. The van der Waals surface area contributed by atoms with Crippen LogP contribution < -0.4 is 14.8 Å². The Morgan fingerprint density at radius 1 is 1.06 bits per heavy atom. The lowest BCUT2D eigenvalue weighted by atomic mass is 10.1. The molecule has 0 spiro atoms. The van der Waals surface area contributed by atoms with Crippen LogP contribution in [0, 0.1) is 6.92 Å². The van der Waals surface area contributed by atoms with Crippen molar-refractivity contribution in [2.45, 2.75) is 18.6 Å². The van der Waals surface area contributed by atoms with Gasteiger partial charge in [-0.25, -0.2) is 4.98 Å². The van der Waals surface area contributed by atoms with Gasteiger partial charge in [0.25, 0.3) is 5.91 Å². The number of thioether (sulfide) groups is 1. The van der Waals surface area contributed by atoms with Crippen molar-refractivity contribution in [3.63, 3.8) is 0 Å². The van der Waals surface area contributed by atoms with E-state index in [1.165, 1.54) is 11.8 Å². The first kappa shape index (κ1) is 21.8. The van der Waals surface area contributed by atoms with Crippen LogP contribution in [-0.2, 0) is 6.54 Å². The van der Waals surface area contributed by atoms with Gasteiger partial charge in [0.05, 0.1) is 12.3 Å². The monoisotopic (exact) mass is 475 g/mol. The largest absolute Gasteiger partial charge is 0.465 e. The SMILES string of the molecule is Cc1ccc(CNC(=O)c2cccc(-n3ccnc3SCC(=O)c3ccc4c(c3)OCO4)c2)o1. The number of hydrogen-bond donors (Lipinski definition) is 1. The maximum Gasteiger partial charge on any atom is 0.251 e. The molecule has 0 saturated carbocycles. The van der Waals surface area contributed by atoms with Gasteiger partial charge in [0, 0.05) is 29.2 Å². The minimum absolute atomic E-state index is 0.0425. The molecule has 34 heavy (non-hydrogen) atoms. The molecule has 0 bridgehead atoms. The van der Waals surface area contributed by atoms with Gasteiger partial charge in [-0.15, -0.1) is 0 Å². The van der Waals surface area contributed by atoms with Gasteiger partial charge in [-0.2, -0.15) is 0 Å². The highest BCUT2D eigenvalue weighted by Crippen LogP contribution is 2.33. The molecule has 2 aromatic carbocycles. The number of ketones is 1. The van der Waals surface area contributed by atoms with Crippen molar-refractivity contribution >= 4 is 23.5 Å². The number of imidazole rings is 1. The molecule has 0 saturated heterocycles. The fourth-order valence-corrected chi connectivity index (χ4v) is 4.39. The van der Waals surface area contributed by atoms with Gasteiger partial charge in [-0.3, -0.25) is 14.2 Å². The molecule has 4 aromatic rings. The summed E-state index contributed by atoms with van der Waals surface area (Å²) < 4.78 is 18.0. The molecule has 1 N–H and O–H groups in total. The van der Waals surface area contributed by atoms with Crippen molar-refractivity contribution in [2.75, 3.05) is 12.5 Å². The number of benzene rings is 2. The maximum atomic E-state index is 12.7. The number of furan rings is 1. The minimum Gasteiger partial charge on any atom is -0.465 e. The number of ether oxygens (including phenoxy) is 2. The smallest absolute Gasteiger partial charge is 0.251 e. The van der Waals surface area contributed by atoms with Crippen LogP contribution in [0.15, 0.2) is 76.6 Å². The van der Waals surface area contributed by atoms with Gasteiger partial charge in [0.1, 0.15) is 11.5 Å². The van der Waals surface area contributed by atoms with E-state index in [4.69, 9.17) is 13.9 Å². The standard InChI is InChI=1S/C25H21N3O5S/c1-16-5-7-20(33-16)13-27-24(30)18-3-2-4-19(11-18)28-10-9-26-25(28)34-14-21(29)17-6-8-22-23(12-17)32-15-31-22/h2-12H,13-15H2,1H3,(H,27,30). The molecule has 1 aliphatic rings. The van der Waals surface area contributed by atoms with Crippen LogP contribution in [0.2, 0.25) is 0 Å². The van der Waals surface area contributed by atoms with Gasteiger partial charge in [-0.05, 0) is 55.5 Å². The second-order valence-corrected chi connectivity index (χ2v) is 8.55. The number of nitrogens with zero attached hydrogens (tertiary/aromatic N) is 2. The normalized spacial score (nSPS) is 12.0. The number of hydrogen-bond acceptors (Lipinski definition) is 7. The summed E-state index contributed by atoms with van der Waals surface area (Å²) >= 11 is 1.33. The topological polar surface area (TPSA) is 95.6 Å². The average Bonchev–Trinajstić information content (AvgIpc) is 3.61. The fourth-order valence-electron chi connectivity index (χ4n) is 3.52. The van der Waals surface area contributed by atoms with Gasteiger partial charge in [0.15, 0.2) is 22.4 Å². The lowest BCUT2D eigenvalue weighted by Crippen LogP contribution is -2.22. The predicted octanol–water partition coefficient (Wildman–Crippen LogP) is 4.41. The van der Waals surface area contributed by atoms with Crippen LogP contribution in [0.25, 0.3) is 5.69 Å². The summed E-state index contributed by atoms with van der Waals surface area (Å²) in [5, 5.41) is 3.52. The molecular weight excluding hydrogens is 454 g/mol. The molecule has 0 aliphatic carbocycles. The van der Waals surface area contributed by atoms with E-state index in [0.717, 1.165) is 11.4 Å². The maximum absolute atomic E-state index is 12.7.